The smallest absolute Gasteiger partial charge is 0.129 e. The van der Waals surface area contributed by atoms with Crippen LogP contribution in [0.4, 0.5) is 8.78 Å². The number of aromatic nitrogens is 1. The highest BCUT2D eigenvalue weighted by Crippen LogP contribution is 2.22. The molecule has 0 fully saturated rings. The van der Waals surface area contributed by atoms with Gasteiger partial charge < -0.3 is 0 Å². The molecule has 100 valence electrons. The Balaban J connectivity index is 2.27. The molecule has 0 saturated carbocycles. The van der Waals surface area contributed by atoms with E-state index < -0.39 is 11.6 Å². The lowest BCUT2D eigenvalue weighted by atomic mass is 9.97. The van der Waals surface area contributed by atoms with E-state index in [1.807, 2.05) is 13.0 Å². The highest BCUT2D eigenvalue weighted by atomic mass is 19.1. The van der Waals surface area contributed by atoms with Crippen molar-refractivity contribution < 1.29 is 8.78 Å². The van der Waals surface area contributed by atoms with Crippen molar-refractivity contribution in [3.63, 3.8) is 0 Å². The molecule has 0 aliphatic carbocycles. The monoisotopic (exact) mass is 263 g/mol. The lowest BCUT2D eigenvalue weighted by Gasteiger charge is -2.18. The van der Waals surface area contributed by atoms with E-state index in [2.05, 4.69) is 10.4 Å². The molecule has 1 aromatic carbocycles. The minimum Gasteiger partial charge on any atom is -0.271 e. The molecule has 2 aromatic rings. The van der Waals surface area contributed by atoms with Gasteiger partial charge in [-0.3, -0.25) is 16.3 Å². The largest absolute Gasteiger partial charge is 0.271 e. The third-order valence-electron chi connectivity index (χ3n) is 3.10. The number of halogens is 2. The molecule has 1 unspecified atom stereocenters. The van der Waals surface area contributed by atoms with Gasteiger partial charge in [0, 0.05) is 18.5 Å². The summed E-state index contributed by atoms with van der Waals surface area (Å²) < 4.78 is 26.5. The SMILES string of the molecule is Cc1ccncc1C(Cc1ccc(F)cc1F)NN. The number of hydrogen-bond donors (Lipinski definition) is 2. The van der Waals surface area contributed by atoms with E-state index in [4.69, 9.17) is 5.84 Å². The number of nitrogens with two attached hydrogens (primary N) is 1. The minimum atomic E-state index is -0.587. The van der Waals surface area contributed by atoms with Gasteiger partial charge in [-0.1, -0.05) is 6.07 Å². The molecular weight excluding hydrogens is 248 g/mol. The molecule has 0 radical (unpaired) electrons. The van der Waals surface area contributed by atoms with E-state index in [-0.39, 0.29) is 6.04 Å². The van der Waals surface area contributed by atoms with Crippen LogP contribution >= 0.6 is 0 Å². The van der Waals surface area contributed by atoms with Gasteiger partial charge in [0.05, 0.1) is 6.04 Å². The Morgan fingerprint density at radius 3 is 2.74 bits per heavy atom. The average Bonchev–Trinajstić information content (AvgIpc) is 2.39. The second-order valence-electron chi connectivity index (χ2n) is 4.39. The highest BCUT2D eigenvalue weighted by molar-refractivity contribution is 5.28. The lowest BCUT2D eigenvalue weighted by Crippen LogP contribution is -2.30. The van der Waals surface area contributed by atoms with Crippen LogP contribution in [0.15, 0.2) is 36.7 Å². The molecule has 1 aromatic heterocycles. The third-order valence-corrected chi connectivity index (χ3v) is 3.10. The maximum atomic E-state index is 13.6. The lowest BCUT2D eigenvalue weighted by molar-refractivity contribution is 0.519. The van der Waals surface area contributed by atoms with Crippen LogP contribution < -0.4 is 11.3 Å². The number of nitrogens with one attached hydrogen (secondary N) is 1. The molecule has 2 rings (SSSR count). The Morgan fingerprint density at radius 2 is 2.11 bits per heavy atom. The third kappa shape index (κ3) is 3.13. The zero-order chi connectivity index (χ0) is 13.8. The van der Waals surface area contributed by atoms with Crippen molar-refractivity contribution in [1.82, 2.24) is 10.4 Å². The van der Waals surface area contributed by atoms with Gasteiger partial charge in [-0.25, -0.2) is 8.78 Å². The summed E-state index contributed by atoms with van der Waals surface area (Å²) in [7, 11) is 0. The summed E-state index contributed by atoms with van der Waals surface area (Å²) in [5, 5.41) is 0. The van der Waals surface area contributed by atoms with Crippen LogP contribution in [0.3, 0.4) is 0 Å². The van der Waals surface area contributed by atoms with Crippen LogP contribution in [0.5, 0.6) is 0 Å². The second kappa shape index (κ2) is 5.86. The molecule has 3 nitrogen and oxygen atoms in total. The van der Waals surface area contributed by atoms with Crippen LogP contribution in [0.1, 0.15) is 22.7 Å². The Kier molecular flexibility index (Phi) is 4.19. The molecule has 3 N–H and O–H groups in total. The molecule has 0 bridgehead atoms. The number of benzene rings is 1. The first-order valence-corrected chi connectivity index (χ1v) is 5.92. The van der Waals surface area contributed by atoms with E-state index in [0.717, 1.165) is 17.2 Å². The van der Waals surface area contributed by atoms with E-state index in [9.17, 15) is 8.78 Å². The molecule has 19 heavy (non-hydrogen) atoms. The molecule has 1 atom stereocenters. The van der Waals surface area contributed by atoms with Crippen molar-refractivity contribution in [2.75, 3.05) is 0 Å². The van der Waals surface area contributed by atoms with E-state index in [1.54, 1.807) is 12.4 Å². The van der Waals surface area contributed by atoms with Gasteiger partial charge >= 0.3 is 0 Å². The van der Waals surface area contributed by atoms with Gasteiger partial charge in [0.15, 0.2) is 0 Å². The standard InChI is InChI=1S/C14H15F2N3/c1-9-4-5-18-8-12(9)14(19-17)6-10-2-3-11(15)7-13(10)16/h2-5,7-8,14,19H,6,17H2,1H3. The Bertz CT molecular complexity index is 572. The highest BCUT2D eigenvalue weighted by Gasteiger charge is 2.15. The van der Waals surface area contributed by atoms with Gasteiger partial charge in [0.25, 0.3) is 0 Å². The summed E-state index contributed by atoms with van der Waals surface area (Å²) >= 11 is 0. The van der Waals surface area contributed by atoms with E-state index >= 15 is 0 Å². The molecule has 0 aliphatic rings. The van der Waals surface area contributed by atoms with Crippen molar-refractivity contribution in [1.29, 1.82) is 0 Å². The molecular formula is C14H15F2N3. The average molecular weight is 263 g/mol. The first-order valence-electron chi connectivity index (χ1n) is 5.92. The van der Waals surface area contributed by atoms with Gasteiger partial charge in [0.2, 0.25) is 0 Å². The minimum absolute atomic E-state index is 0.270. The zero-order valence-electron chi connectivity index (χ0n) is 10.5. The van der Waals surface area contributed by atoms with Crippen molar-refractivity contribution in [3.05, 3.63) is 65.0 Å². The summed E-state index contributed by atoms with van der Waals surface area (Å²) in [5.41, 5.74) is 4.97. The normalized spacial score (nSPS) is 12.4. The van der Waals surface area contributed by atoms with E-state index in [0.29, 0.717) is 12.0 Å². The predicted molar refractivity (Wildman–Crippen MR) is 69.1 cm³/mol. The quantitative estimate of drug-likeness (QED) is 0.658. The number of hydrazine groups is 1. The van der Waals surface area contributed by atoms with E-state index in [1.165, 1.54) is 12.1 Å². The van der Waals surface area contributed by atoms with Crippen molar-refractivity contribution in [2.24, 2.45) is 5.84 Å². The first kappa shape index (κ1) is 13.6. The maximum Gasteiger partial charge on any atom is 0.129 e. The zero-order valence-corrected chi connectivity index (χ0v) is 10.5. The van der Waals surface area contributed by atoms with Crippen LogP contribution in [-0.4, -0.2) is 4.98 Å². The molecule has 1 heterocycles. The van der Waals surface area contributed by atoms with Gasteiger partial charge in [-0.2, -0.15) is 0 Å². The number of hydrogen-bond acceptors (Lipinski definition) is 3. The fraction of sp³-hybridized carbons (Fsp3) is 0.214. The van der Waals surface area contributed by atoms with Crippen LogP contribution in [0.25, 0.3) is 0 Å². The maximum absolute atomic E-state index is 13.6. The molecule has 0 amide bonds. The topological polar surface area (TPSA) is 50.9 Å². The summed E-state index contributed by atoms with van der Waals surface area (Å²) in [6, 6.07) is 5.14. The Hall–Kier alpha value is -1.85. The number of aryl methyl sites for hydroxylation is 1. The van der Waals surface area contributed by atoms with Crippen LogP contribution in [-0.2, 0) is 6.42 Å². The van der Waals surface area contributed by atoms with Crippen molar-refractivity contribution in [2.45, 2.75) is 19.4 Å². The second-order valence-corrected chi connectivity index (χ2v) is 4.39. The van der Waals surface area contributed by atoms with Crippen molar-refractivity contribution in [3.8, 4) is 0 Å². The van der Waals surface area contributed by atoms with Crippen LogP contribution in [0.2, 0.25) is 0 Å². The van der Waals surface area contributed by atoms with Gasteiger partial charge in [-0.05, 0) is 42.2 Å². The number of nitrogens with zero attached hydrogens (tertiary/aromatic N) is 1. The Morgan fingerprint density at radius 1 is 1.32 bits per heavy atom. The fourth-order valence-electron chi connectivity index (χ4n) is 2.01. The summed E-state index contributed by atoms with van der Waals surface area (Å²) in [6.45, 7) is 1.93. The number of rotatable bonds is 4. The fourth-order valence-corrected chi connectivity index (χ4v) is 2.01. The van der Waals surface area contributed by atoms with Gasteiger partial charge in [-0.15, -0.1) is 0 Å². The summed E-state index contributed by atoms with van der Waals surface area (Å²) in [4.78, 5) is 4.04. The first-order chi connectivity index (χ1) is 9.11. The number of pyridine rings is 1. The Labute approximate surface area is 110 Å². The predicted octanol–water partition coefficient (Wildman–Crippen LogP) is 2.42. The van der Waals surface area contributed by atoms with Crippen molar-refractivity contribution >= 4 is 0 Å². The summed E-state index contributed by atoms with van der Waals surface area (Å²) in [5.74, 6) is 4.37. The molecule has 0 aliphatic heterocycles. The van der Waals surface area contributed by atoms with Gasteiger partial charge in [0.1, 0.15) is 11.6 Å². The molecule has 5 heteroatoms. The van der Waals surface area contributed by atoms with Crippen LogP contribution in [0, 0.1) is 18.6 Å². The summed E-state index contributed by atoms with van der Waals surface area (Å²) in [6.07, 6.45) is 3.71. The molecule has 0 spiro atoms. The molecule has 0 saturated heterocycles.